The Hall–Kier alpha value is -0.570. The summed E-state index contributed by atoms with van der Waals surface area (Å²) in [6, 6.07) is 8.06. The molecule has 0 aliphatic rings. The van der Waals surface area contributed by atoms with Gasteiger partial charge in [0, 0.05) is 18.1 Å². The van der Waals surface area contributed by atoms with Crippen LogP contribution in [-0.4, -0.2) is 25.0 Å². The molecule has 0 aliphatic heterocycles. The van der Waals surface area contributed by atoms with Crippen molar-refractivity contribution < 1.29 is 0 Å². The van der Waals surface area contributed by atoms with E-state index in [0.717, 1.165) is 37.5 Å². The van der Waals surface area contributed by atoms with Crippen molar-refractivity contribution in [2.45, 2.75) is 33.2 Å². The third-order valence-corrected chi connectivity index (χ3v) is 4.16. The van der Waals surface area contributed by atoms with Crippen LogP contribution in [0.3, 0.4) is 0 Å². The number of nitrogens with two attached hydrogens (primary N) is 1. The van der Waals surface area contributed by atoms with E-state index < -0.39 is 0 Å². The second-order valence-corrected chi connectivity index (χ2v) is 5.65. The zero-order valence-electron chi connectivity index (χ0n) is 11.7. The molecule has 0 spiro atoms. The molecule has 1 aromatic rings. The average Bonchev–Trinajstić information content (AvgIpc) is 2.39. The second kappa shape index (κ2) is 7.13. The van der Waals surface area contributed by atoms with Gasteiger partial charge in [-0.1, -0.05) is 37.6 Å². The molecule has 2 nitrogen and oxygen atoms in total. The highest BCUT2D eigenvalue weighted by atomic mass is 35.5. The first-order valence-electron chi connectivity index (χ1n) is 6.68. The summed E-state index contributed by atoms with van der Waals surface area (Å²) in [4.78, 5) is 2.35. The molecule has 1 rings (SSSR count). The van der Waals surface area contributed by atoms with Crippen molar-refractivity contribution in [3.05, 3.63) is 34.9 Å². The van der Waals surface area contributed by atoms with Crippen LogP contribution in [0.1, 0.15) is 32.3 Å². The van der Waals surface area contributed by atoms with Crippen molar-refractivity contribution in [3.8, 4) is 0 Å². The Morgan fingerprint density at radius 1 is 1.17 bits per heavy atom. The Bertz CT molecular complexity index is 336. The Balaban J connectivity index is 2.60. The molecule has 0 saturated carbocycles. The van der Waals surface area contributed by atoms with Gasteiger partial charge in [0.05, 0.1) is 0 Å². The summed E-state index contributed by atoms with van der Waals surface area (Å²) < 4.78 is 0. The summed E-state index contributed by atoms with van der Waals surface area (Å²) in [7, 11) is 2.16. The summed E-state index contributed by atoms with van der Waals surface area (Å²) in [6.45, 7) is 7.20. The summed E-state index contributed by atoms with van der Waals surface area (Å²) >= 11 is 5.89. The molecule has 18 heavy (non-hydrogen) atoms. The van der Waals surface area contributed by atoms with Gasteiger partial charge >= 0.3 is 0 Å². The summed E-state index contributed by atoms with van der Waals surface area (Å²) in [5.41, 5.74) is 7.49. The lowest BCUT2D eigenvalue weighted by Crippen LogP contribution is -2.40. The standard InChI is InChI=1S/C15H25ClN2/c1-4-15(5-2,11-17)12-18(3)10-13-6-8-14(16)9-7-13/h6-9H,4-5,10-12,17H2,1-3H3. The van der Waals surface area contributed by atoms with Gasteiger partial charge in [0.15, 0.2) is 0 Å². The van der Waals surface area contributed by atoms with E-state index in [1.807, 2.05) is 12.1 Å². The fourth-order valence-corrected chi connectivity index (χ4v) is 2.48. The minimum atomic E-state index is 0.251. The molecular formula is C15H25ClN2. The van der Waals surface area contributed by atoms with Crippen molar-refractivity contribution in [3.63, 3.8) is 0 Å². The van der Waals surface area contributed by atoms with E-state index in [1.54, 1.807) is 0 Å². The molecule has 0 unspecified atom stereocenters. The van der Waals surface area contributed by atoms with E-state index in [9.17, 15) is 0 Å². The molecule has 0 radical (unpaired) electrons. The Morgan fingerprint density at radius 3 is 2.17 bits per heavy atom. The van der Waals surface area contributed by atoms with Crippen LogP contribution in [0.2, 0.25) is 5.02 Å². The number of hydrogen-bond donors (Lipinski definition) is 1. The van der Waals surface area contributed by atoms with Crippen molar-refractivity contribution >= 4 is 11.6 Å². The van der Waals surface area contributed by atoms with Gasteiger partial charge in [0.25, 0.3) is 0 Å². The highest BCUT2D eigenvalue weighted by Crippen LogP contribution is 2.26. The van der Waals surface area contributed by atoms with Crippen molar-refractivity contribution in [1.29, 1.82) is 0 Å². The van der Waals surface area contributed by atoms with Gasteiger partial charge in [-0.25, -0.2) is 0 Å². The summed E-state index contributed by atoms with van der Waals surface area (Å²) in [6.07, 6.45) is 2.26. The molecule has 0 atom stereocenters. The normalized spacial score (nSPS) is 12.1. The van der Waals surface area contributed by atoms with E-state index in [4.69, 9.17) is 17.3 Å². The molecule has 0 bridgehead atoms. The first-order valence-corrected chi connectivity index (χ1v) is 7.06. The highest BCUT2D eigenvalue weighted by Gasteiger charge is 2.25. The zero-order chi connectivity index (χ0) is 13.6. The maximum atomic E-state index is 5.95. The first kappa shape index (κ1) is 15.5. The van der Waals surface area contributed by atoms with Gasteiger partial charge in [0.2, 0.25) is 0 Å². The van der Waals surface area contributed by atoms with Crippen LogP contribution in [0, 0.1) is 5.41 Å². The molecule has 0 saturated heterocycles. The minimum absolute atomic E-state index is 0.251. The Kier molecular flexibility index (Phi) is 6.13. The van der Waals surface area contributed by atoms with Crippen LogP contribution in [0.25, 0.3) is 0 Å². The fraction of sp³-hybridized carbons (Fsp3) is 0.600. The van der Waals surface area contributed by atoms with Gasteiger partial charge < -0.3 is 10.6 Å². The second-order valence-electron chi connectivity index (χ2n) is 5.21. The van der Waals surface area contributed by atoms with Gasteiger partial charge in [-0.05, 0) is 49.5 Å². The largest absolute Gasteiger partial charge is 0.330 e. The molecule has 0 heterocycles. The third kappa shape index (κ3) is 4.27. The Morgan fingerprint density at radius 2 is 1.72 bits per heavy atom. The third-order valence-electron chi connectivity index (χ3n) is 3.90. The molecule has 0 amide bonds. The predicted octanol–water partition coefficient (Wildman–Crippen LogP) is 3.54. The lowest BCUT2D eigenvalue weighted by Gasteiger charge is -2.34. The Labute approximate surface area is 116 Å². The molecular weight excluding hydrogens is 244 g/mol. The minimum Gasteiger partial charge on any atom is -0.330 e. The van der Waals surface area contributed by atoms with Gasteiger partial charge in [-0.15, -0.1) is 0 Å². The van der Waals surface area contributed by atoms with Crippen LogP contribution in [0.15, 0.2) is 24.3 Å². The van der Waals surface area contributed by atoms with E-state index in [1.165, 1.54) is 5.56 Å². The monoisotopic (exact) mass is 268 g/mol. The highest BCUT2D eigenvalue weighted by molar-refractivity contribution is 6.30. The number of nitrogens with zero attached hydrogens (tertiary/aromatic N) is 1. The maximum absolute atomic E-state index is 5.95. The van der Waals surface area contributed by atoms with E-state index >= 15 is 0 Å². The molecule has 0 fully saturated rings. The molecule has 3 heteroatoms. The molecule has 1 aromatic carbocycles. The lowest BCUT2D eigenvalue weighted by atomic mass is 9.82. The maximum Gasteiger partial charge on any atom is 0.0406 e. The first-order chi connectivity index (χ1) is 8.55. The van der Waals surface area contributed by atoms with E-state index in [0.29, 0.717) is 0 Å². The fourth-order valence-electron chi connectivity index (χ4n) is 2.36. The van der Waals surface area contributed by atoms with Crippen LogP contribution in [0.5, 0.6) is 0 Å². The van der Waals surface area contributed by atoms with Crippen molar-refractivity contribution in [2.75, 3.05) is 20.1 Å². The quantitative estimate of drug-likeness (QED) is 0.820. The number of rotatable bonds is 7. The van der Waals surface area contributed by atoms with Gasteiger partial charge in [0.1, 0.15) is 0 Å². The van der Waals surface area contributed by atoms with Crippen LogP contribution < -0.4 is 5.73 Å². The SMILES string of the molecule is CCC(CC)(CN)CN(C)Cc1ccc(Cl)cc1. The summed E-state index contributed by atoms with van der Waals surface area (Å²) in [5.74, 6) is 0. The van der Waals surface area contributed by atoms with Crippen LogP contribution >= 0.6 is 11.6 Å². The molecule has 0 aliphatic carbocycles. The molecule has 2 N–H and O–H groups in total. The average molecular weight is 269 g/mol. The number of halogens is 1. The molecule has 0 aromatic heterocycles. The van der Waals surface area contributed by atoms with E-state index in [2.05, 4.69) is 37.9 Å². The van der Waals surface area contributed by atoms with Gasteiger partial charge in [-0.3, -0.25) is 0 Å². The van der Waals surface area contributed by atoms with E-state index in [-0.39, 0.29) is 5.41 Å². The number of benzene rings is 1. The lowest BCUT2D eigenvalue weighted by molar-refractivity contribution is 0.162. The van der Waals surface area contributed by atoms with Gasteiger partial charge in [-0.2, -0.15) is 0 Å². The van der Waals surface area contributed by atoms with Crippen molar-refractivity contribution in [2.24, 2.45) is 11.1 Å². The zero-order valence-corrected chi connectivity index (χ0v) is 12.5. The summed E-state index contributed by atoms with van der Waals surface area (Å²) in [5, 5.41) is 0.792. The number of hydrogen-bond acceptors (Lipinski definition) is 2. The topological polar surface area (TPSA) is 29.3 Å². The van der Waals surface area contributed by atoms with Crippen molar-refractivity contribution in [1.82, 2.24) is 4.90 Å². The smallest absolute Gasteiger partial charge is 0.0406 e. The predicted molar refractivity (Wildman–Crippen MR) is 79.9 cm³/mol. The molecule has 102 valence electrons. The van der Waals surface area contributed by atoms with Crippen LogP contribution in [-0.2, 0) is 6.54 Å². The van der Waals surface area contributed by atoms with Crippen LogP contribution in [0.4, 0.5) is 0 Å².